The molecule has 0 bridgehead atoms. The van der Waals surface area contributed by atoms with E-state index in [1.165, 1.54) is 12.8 Å². The molecular formula is C12H17NO2. The van der Waals surface area contributed by atoms with Gasteiger partial charge >= 0.3 is 0 Å². The molecule has 0 unspecified atom stereocenters. The molecule has 1 fully saturated rings. The van der Waals surface area contributed by atoms with Gasteiger partial charge in [0.15, 0.2) is 0 Å². The first-order valence-electron chi connectivity index (χ1n) is 5.44. The van der Waals surface area contributed by atoms with Crippen LogP contribution in [0.25, 0.3) is 0 Å². The van der Waals surface area contributed by atoms with Crippen molar-refractivity contribution in [2.24, 2.45) is 0 Å². The van der Waals surface area contributed by atoms with Crippen molar-refractivity contribution in [2.75, 3.05) is 13.2 Å². The van der Waals surface area contributed by atoms with Crippen molar-refractivity contribution < 1.29 is 9.84 Å². The second-order valence-electron chi connectivity index (χ2n) is 3.91. The summed E-state index contributed by atoms with van der Waals surface area (Å²) in [5, 5.41) is 12.3. The fraction of sp³-hybridized carbons (Fsp3) is 0.500. The first kappa shape index (κ1) is 10.5. The Bertz CT molecular complexity index is 291. The van der Waals surface area contributed by atoms with Crippen LogP contribution in [0, 0.1) is 0 Å². The van der Waals surface area contributed by atoms with Crippen LogP contribution in [-0.2, 0) is 6.61 Å². The van der Waals surface area contributed by atoms with Gasteiger partial charge in [-0.1, -0.05) is 12.1 Å². The third-order valence-electron chi connectivity index (χ3n) is 2.72. The van der Waals surface area contributed by atoms with Crippen molar-refractivity contribution >= 4 is 0 Å². The summed E-state index contributed by atoms with van der Waals surface area (Å²) in [6.45, 7) is 1.93. The Morgan fingerprint density at radius 2 is 2.13 bits per heavy atom. The van der Waals surface area contributed by atoms with Crippen LogP contribution in [0.2, 0.25) is 0 Å². The van der Waals surface area contributed by atoms with Crippen molar-refractivity contribution in [3.05, 3.63) is 29.8 Å². The third kappa shape index (κ3) is 2.94. The largest absolute Gasteiger partial charge is 0.492 e. The molecule has 1 saturated heterocycles. The fourth-order valence-electron chi connectivity index (χ4n) is 1.79. The van der Waals surface area contributed by atoms with Gasteiger partial charge in [-0.25, -0.2) is 0 Å². The Hall–Kier alpha value is -1.06. The zero-order valence-corrected chi connectivity index (χ0v) is 8.78. The highest BCUT2D eigenvalue weighted by atomic mass is 16.5. The summed E-state index contributed by atoms with van der Waals surface area (Å²) in [4.78, 5) is 0. The summed E-state index contributed by atoms with van der Waals surface area (Å²) < 4.78 is 5.65. The average molecular weight is 207 g/mol. The molecule has 3 nitrogen and oxygen atoms in total. The minimum absolute atomic E-state index is 0.0878. The van der Waals surface area contributed by atoms with Gasteiger partial charge in [-0.2, -0.15) is 0 Å². The molecule has 1 aliphatic rings. The number of aliphatic hydroxyl groups is 1. The van der Waals surface area contributed by atoms with Crippen molar-refractivity contribution in [3.8, 4) is 5.75 Å². The van der Waals surface area contributed by atoms with Crippen LogP contribution in [0.4, 0.5) is 0 Å². The summed E-state index contributed by atoms with van der Waals surface area (Å²) in [6, 6.07) is 8.08. The normalized spacial score (nSPS) is 20.5. The molecule has 1 atom stereocenters. The van der Waals surface area contributed by atoms with E-state index in [1.807, 2.05) is 24.3 Å². The molecule has 82 valence electrons. The van der Waals surface area contributed by atoms with Gasteiger partial charge in [0.1, 0.15) is 12.4 Å². The van der Waals surface area contributed by atoms with Crippen LogP contribution in [0.5, 0.6) is 5.75 Å². The molecule has 3 heteroatoms. The molecule has 15 heavy (non-hydrogen) atoms. The van der Waals surface area contributed by atoms with Crippen molar-refractivity contribution in [1.82, 2.24) is 5.32 Å². The number of hydrogen-bond donors (Lipinski definition) is 2. The Morgan fingerprint density at radius 1 is 1.33 bits per heavy atom. The number of ether oxygens (including phenoxy) is 1. The summed E-state index contributed by atoms with van der Waals surface area (Å²) >= 11 is 0. The summed E-state index contributed by atoms with van der Waals surface area (Å²) in [5.74, 6) is 0.876. The monoisotopic (exact) mass is 207 g/mol. The first-order chi connectivity index (χ1) is 7.38. The molecule has 2 rings (SSSR count). The summed E-state index contributed by atoms with van der Waals surface area (Å²) in [7, 11) is 0. The van der Waals surface area contributed by atoms with Crippen molar-refractivity contribution in [1.29, 1.82) is 0 Å². The predicted octanol–water partition coefficient (Wildman–Crippen LogP) is 1.31. The van der Waals surface area contributed by atoms with Gasteiger partial charge in [0, 0.05) is 6.04 Å². The van der Waals surface area contributed by atoms with E-state index in [0.717, 1.165) is 24.5 Å². The number of aliphatic hydroxyl groups excluding tert-OH is 1. The van der Waals surface area contributed by atoms with E-state index in [0.29, 0.717) is 6.04 Å². The maximum atomic E-state index is 8.88. The van der Waals surface area contributed by atoms with Crippen LogP contribution in [-0.4, -0.2) is 24.3 Å². The van der Waals surface area contributed by atoms with E-state index in [4.69, 9.17) is 9.84 Å². The second-order valence-corrected chi connectivity index (χ2v) is 3.91. The fourth-order valence-corrected chi connectivity index (χ4v) is 1.79. The lowest BCUT2D eigenvalue weighted by Gasteiger charge is -2.12. The molecule has 1 heterocycles. The molecule has 0 amide bonds. The second kappa shape index (κ2) is 5.14. The lowest BCUT2D eigenvalue weighted by Crippen LogP contribution is -2.28. The lowest BCUT2D eigenvalue weighted by molar-refractivity contribution is 0.274. The maximum Gasteiger partial charge on any atom is 0.119 e. The molecule has 0 saturated carbocycles. The lowest BCUT2D eigenvalue weighted by atomic mass is 10.2. The average Bonchev–Trinajstić information content (AvgIpc) is 2.80. The van der Waals surface area contributed by atoms with Crippen molar-refractivity contribution in [2.45, 2.75) is 25.5 Å². The minimum Gasteiger partial charge on any atom is -0.492 e. The van der Waals surface area contributed by atoms with Crippen LogP contribution >= 0.6 is 0 Å². The highest BCUT2D eigenvalue weighted by Gasteiger charge is 2.14. The van der Waals surface area contributed by atoms with Gasteiger partial charge < -0.3 is 15.2 Å². The van der Waals surface area contributed by atoms with Crippen LogP contribution in [0.1, 0.15) is 18.4 Å². The highest BCUT2D eigenvalue weighted by molar-refractivity contribution is 5.26. The predicted molar refractivity (Wildman–Crippen MR) is 58.9 cm³/mol. The molecule has 0 aromatic heterocycles. The third-order valence-corrected chi connectivity index (χ3v) is 2.72. The Morgan fingerprint density at radius 3 is 2.73 bits per heavy atom. The van der Waals surface area contributed by atoms with Crippen LogP contribution in [0.3, 0.4) is 0 Å². The van der Waals surface area contributed by atoms with E-state index in [2.05, 4.69) is 5.32 Å². The molecule has 1 aliphatic heterocycles. The maximum absolute atomic E-state index is 8.88. The van der Waals surface area contributed by atoms with E-state index in [1.54, 1.807) is 0 Å². The summed E-state index contributed by atoms with van der Waals surface area (Å²) in [5.41, 5.74) is 0.918. The minimum atomic E-state index is 0.0878. The molecule has 0 spiro atoms. The zero-order chi connectivity index (χ0) is 10.5. The Balaban J connectivity index is 1.82. The number of benzene rings is 1. The SMILES string of the molecule is OCc1ccc(OC[C@H]2CCCN2)cc1. The van der Waals surface area contributed by atoms with Gasteiger partial charge in [0.2, 0.25) is 0 Å². The zero-order valence-electron chi connectivity index (χ0n) is 8.78. The van der Waals surface area contributed by atoms with Crippen molar-refractivity contribution in [3.63, 3.8) is 0 Å². The molecule has 0 aliphatic carbocycles. The Labute approximate surface area is 90.1 Å². The summed E-state index contributed by atoms with van der Waals surface area (Å²) in [6.07, 6.45) is 2.45. The van der Waals surface area contributed by atoms with Crippen LogP contribution in [0.15, 0.2) is 24.3 Å². The van der Waals surface area contributed by atoms with Gasteiger partial charge in [-0.05, 0) is 37.1 Å². The van der Waals surface area contributed by atoms with Crippen LogP contribution < -0.4 is 10.1 Å². The molecule has 1 aromatic rings. The number of rotatable bonds is 4. The molecular weight excluding hydrogens is 190 g/mol. The first-order valence-corrected chi connectivity index (χ1v) is 5.44. The standard InChI is InChI=1S/C12H17NO2/c14-8-10-3-5-12(6-4-10)15-9-11-2-1-7-13-11/h3-6,11,13-14H,1-2,7-9H2/t11-/m1/s1. The quantitative estimate of drug-likeness (QED) is 0.782. The van der Waals surface area contributed by atoms with Gasteiger partial charge in [0.05, 0.1) is 6.61 Å². The number of hydrogen-bond acceptors (Lipinski definition) is 3. The smallest absolute Gasteiger partial charge is 0.119 e. The van der Waals surface area contributed by atoms with E-state index in [9.17, 15) is 0 Å². The highest BCUT2D eigenvalue weighted by Crippen LogP contribution is 2.14. The van der Waals surface area contributed by atoms with Gasteiger partial charge in [-0.15, -0.1) is 0 Å². The van der Waals surface area contributed by atoms with E-state index in [-0.39, 0.29) is 6.61 Å². The molecule has 1 aromatic carbocycles. The Kier molecular flexibility index (Phi) is 3.59. The van der Waals surface area contributed by atoms with Gasteiger partial charge in [-0.3, -0.25) is 0 Å². The molecule has 0 radical (unpaired) electrons. The molecule has 2 N–H and O–H groups in total. The number of nitrogens with one attached hydrogen (secondary N) is 1. The topological polar surface area (TPSA) is 41.5 Å². The van der Waals surface area contributed by atoms with E-state index >= 15 is 0 Å². The van der Waals surface area contributed by atoms with Gasteiger partial charge in [0.25, 0.3) is 0 Å². The van der Waals surface area contributed by atoms with E-state index < -0.39 is 0 Å².